The van der Waals surface area contributed by atoms with E-state index < -0.39 is 12.0 Å². The summed E-state index contributed by atoms with van der Waals surface area (Å²) >= 11 is 0. The van der Waals surface area contributed by atoms with Gasteiger partial charge in [0.25, 0.3) is 0 Å². The van der Waals surface area contributed by atoms with Gasteiger partial charge >= 0.3 is 12.0 Å². The Hall–Kier alpha value is -3.35. The van der Waals surface area contributed by atoms with Crippen molar-refractivity contribution in [3.05, 3.63) is 54.1 Å². The molecule has 2 rings (SSSR count). The van der Waals surface area contributed by atoms with E-state index in [2.05, 4.69) is 20.7 Å². The molecule has 0 aliphatic heterocycles. The van der Waals surface area contributed by atoms with Crippen LogP contribution in [0.5, 0.6) is 0 Å². The van der Waals surface area contributed by atoms with Crippen molar-refractivity contribution in [1.29, 1.82) is 0 Å². The van der Waals surface area contributed by atoms with Crippen LogP contribution in [0, 0.1) is 0 Å². The number of ether oxygens (including phenoxy) is 1. The minimum Gasteiger partial charge on any atom is -0.465 e. The summed E-state index contributed by atoms with van der Waals surface area (Å²) in [6.07, 6.45) is 0. The second kappa shape index (κ2) is 7.77. The molecule has 0 spiro atoms. The molecule has 124 valence electrons. The maximum atomic E-state index is 12.0. The average Bonchev–Trinajstić information content (AvgIpc) is 2.54. The van der Waals surface area contributed by atoms with Gasteiger partial charge in [-0.3, -0.25) is 4.79 Å². The third kappa shape index (κ3) is 4.84. The van der Waals surface area contributed by atoms with E-state index in [1.54, 1.807) is 48.5 Å². The fourth-order valence-corrected chi connectivity index (χ4v) is 1.98. The van der Waals surface area contributed by atoms with E-state index in [1.807, 2.05) is 0 Å². The van der Waals surface area contributed by atoms with Gasteiger partial charge in [-0.2, -0.15) is 0 Å². The number of benzene rings is 2. The zero-order chi connectivity index (χ0) is 17.5. The van der Waals surface area contributed by atoms with Gasteiger partial charge in [0, 0.05) is 24.0 Å². The quantitative estimate of drug-likeness (QED) is 0.752. The molecule has 0 aromatic heterocycles. The first-order valence-corrected chi connectivity index (χ1v) is 7.12. The SMILES string of the molecule is COC(=O)c1ccc(NC(=O)Nc2cccc(NC(C)=O)c2)cc1. The van der Waals surface area contributed by atoms with Crippen molar-refractivity contribution >= 4 is 35.0 Å². The van der Waals surface area contributed by atoms with Gasteiger partial charge < -0.3 is 20.7 Å². The fourth-order valence-electron chi connectivity index (χ4n) is 1.98. The lowest BCUT2D eigenvalue weighted by atomic mass is 10.2. The van der Waals surface area contributed by atoms with Crippen LogP contribution in [0.4, 0.5) is 21.9 Å². The monoisotopic (exact) mass is 327 g/mol. The molecule has 24 heavy (non-hydrogen) atoms. The number of nitrogens with one attached hydrogen (secondary N) is 3. The molecular formula is C17H17N3O4. The van der Waals surface area contributed by atoms with Crippen LogP contribution < -0.4 is 16.0 Å². The van der Waals surface area contributed by atoms with Crippen LogP contribution in [0.2, 0.25) is 0 Å². The number of anilines is 3. The Balaban J connectivity index is 1.98. The van der Waals surface area contributed by atoms with Crippen molar-refractivity contribution in [3.63, 3.8) is 0 Å². The predicted molar refractivity (Wildman–Crippen MR) is 91.2 cm³/mol. The number of hydrogen-bond donors (Lipinski definition) is 3. The molecule has 0 aliphatic rings. The van der Waals surface area contributed by atoms with Gasteiger partial charge in [-0.25, -0.2) is 9.59 Å². The minimum absolute atomic E-state index is 0.192. The molecule has 0 atom stereocenters. The predicted octanol–water partition coefficient (Wildman–Crippen LogP) is 3.08. The summed E-state index contributed by atoms with van der Waals surface area (Å²) in [4.78, 5) is 34.4. The van der Waals surface area contributed by atoms with E-state index in [-0.39, 0.29) is 5.91 Å². The van der Waals surface area contributed by atoms with Crippen molar-refractivity contribution in [2.24, 2.45) is 0 Å². The van der Waals surface area contributed by atoms with Crippen molar-refractivity contribution in [1.82, 2.24) is 0 Å². The molecule has 3 amide bonds. The van der Waals surface area contributed by atoms with Crippen molar-refractivity contribution < 1.29 is 19.1 Å². The Bertz CT molecular complexity index is 757. The molecule has 2 aromatic carbocycles. The number of rotatable bonds is 4. The second-order valence-corrected chi connectivity index (χ2v) is 4.91. The lowest BCUT2D eigenvalue weighted by molar-refractivity contribution is -0.114. The van der Waals surface area contributed by atoms with Crippen molar-refractivity contribution in [2.45, 2.75) is 6.92 Å². The summed E-state index contributed by atoms with van der Waals surface area (Å²) in [7, 11) is 1.30. The maximum absolute atomic E-state index is 12.0. The largest absolute Gasteiger partial charge is 0.465 e. The van der Waals surface area contributed by atoms with Crippen LogP contribution >= 0.6 is 0 Å². The van der Waals surface area contributed by atoms with Crippen LogP contribution in [0.3, 0.4) is 0 Å². The Labute approximate surface area is 139 Å². The highest BCUT2D eigenvalue weighted by Gasteiger charge is 2.07. The standard InChI is InChI=1S/C17H17N3O4/c1-11(21)18-14-4-3-5-15(10-14)20-17(23)19-13-8-6-12(7-9-13)16(22)24-2/h3-10H,1-2H3,(H,18,21)(H2,19,20,23). The molecule has 2 aromatic rings. The summed E-state index contributed by atoms with van der Waals surface area (Å²) in [5.74, 6) is -0.636. The highest BCUT2D eigenvalue weighted by molar-refractivity contribution is 6.00. The van der Waals surface area contributed by atoms with Crippen LogP contribution in [-0.4, -0.2) is 25.0 Å². The molecule has 0 saturated carbocycles. The molecule has 0 bridgehead atoms. The molecule has 0 saturated heterocycles. The summed E-state index contributed by atoms with van der Waals surface area (Å²) in [5, 5.41) is 7.94. The van der Waals surface area contributed by atoms with Gasteiger partial charge in [-0.05, 0) is 42.5 Å². The topological polar surface area (TPSA) is 96.5 Å². The van der Waals surface area contributed by atoms with Crippen LogP contribution in [0.1, 0.15) is 17.3 Å². The smallest absolute Gasteiger partial charge is 0.337 e. The van der Waals surface area contributed by atoms with Crippen LogP contribution in [0.15, 0.2) is 48.5 Å². The van der Waals surface area contributed by atoms with Gasteiger partial charge in [0.2, 0.25) is 5.91 Å². The molecule has 0 fully saturated rings. The molecule has 0 aliphatic carbocycles. The van der Waals surface area contributed by atoms with E-state index in [4.69, 9.17) is 0 Å². The van der Waals surface area contributed by atoms with Crippen molar-refractivity contribution in [3.8, 4) is 0 Å². The van der Waals surface area contributed by atoms with Gasteiger partial charge in [0.15, 0.2) is 0 Å². The van der Waals surface area contributed by atoms with Crippen LogP contribution in [0.25, 0.3) is 0 Å². The Morgan fingerprint density at radius 1 is 0.833 bits per heavy atom. The molecule has 0 heterocycles. The molecular weight excluding hydrogens is 310 g/mol. The van der Waals surface area contributed by atoms with Gasteiger partial charge in [-0.15, -0.1) is 0 Å². The number of hydrogen-bond acceptors (Lipinski definition) is 4. The van der Waals surface area contributed by atoms with Crippen molar-refractivity contribution in [2.75, 3.05) is 23.1 Å². The highest BCUT2D eigenvalue weighted by Crippen LogP contribution is 2.16. The Morgan fingerprint density at radius 2 is 1.42 bits per heavy atom. The molecule has 7 nitrogen and oxygen atoms in total. The number of amides is 3. The Morgan fingerprint density at radius 3 is 2.00 bits per heavy atom. The summed E-state index contributed by atoms with van der Waals surface area (Å²) in [6, 6.07) is 12.6. The summed E-state index contributed by atoms with van der Waals surface area (Å²) < 4.78 is 4.61. The summed E-state index contributed by atoms with van der Waals surface area (Å²) in [5.41, 5.74) is 2.04. The summed E-state index contributed by atoms with van der Waals surface area (Å²) in [6.45, 7) is 1.41. The van der Waals surface area contributed by atoms with Gasteiger partial charge in [0.1, 0.15) is 0 Å². The lowest BCUT2D eigenvalue weighted by Crippen LogP contribution is -2.19. The van der Waals surface area contributed by atoms with Gasteiger partial charge in [0.05, 0.1) is 12.7 Å². The number of esters is 1. The van der Waals surface area contributed by atoms with E-state index in [0.717, 1.165) is 0 Å². The zero-order valence-electron chi connectivity index (χ0n) is 13.3. The normalized spacial score (nSPS) is 9.75. The average molecular weight is 327 g/mol. The molecule has 7 heteroatoms. The zero-order valence-corrected chi connectivity index (χ0v) is 13.3. The van der Waals surface area contributed by atoms with E-state index in [0.29, 0.717) is 22.6 Å². The molecule has 3 N–H and O–H groups in total. The first kappa shape index (κ1) is 17.0. The number of urea groups is 1. The Kier molecular flexibility index (Phi) is 5.51. The number of methoxy groups -OCH3 is 1. The fraction of sp³-hybridized carbons (Fsp3) is 0.118. The first-order valence-electron chi connectivity index (χ1n) is 7.12. The third-order valence-electron chi connectivity index (χ3n) is 3.00. The van der Waals surface area contributed by atoms with Gasteiger partial charge in [-0.1, -0.05) is 6.07 Å². The number of carbonyl (C=O) groups excluding carboxylic acids is 3. The highest BCUT2D eigenvalue weighted by atomic mass is 16.5. The maximum Gasteiger partial charge on any atom is 0.337 e. The number of carbonyl (C=O) groups is 3. The van der Waals surface area contributed by atoms with E-state index in [1.165, 1.54) is 14.0 Å². The van der Waals surface area contributed by atoms with E-state index >= 15 is 0 Å². The molecule has 0 unspecified atom stereocenters. The lowest BCUT2D eigenvalue weighted by Gasteiger charge is -2.09. The third-order valence-corrected chi connectivity index (χ3v) is 3.00. The minimum atomic E-state index is -0.444. The second-order valence-electron chi connectivity index (χ2n) is 4.91. The first-order chi connectivity index (χ1) is 11.5. The van der Waals surface area contributed by atoms with Crippen LogP contribution in [-0.2, 0) is 9.53 Å². The van der Waals surface area contributed by atoms with E-state index in [9.17, 15) is 14.4 Å². The molecule has 0 radical (unpaired) electrons.